The Hall–Kier alpha value is -4.15. The third kappa shape index (κ3) is 3.93. The van der Waals surface area contributed by atoms with Crippen molar-refractivity contribution in [3.05, 3.63) is 125 Å². The first-order valence-corrected chi connectivity index (χ1v) is 10.9. The molecule has 5 rings (SSSR count). The van der Waals surface area contributed by atoms with E-state index in [1.54, 1.807) is 41.0 Å². The molecule has 1 aromatic heterocycles. The molecule has 4 aromatic carbocycles. The molecule has 0 aliphatic heterocycles. The molecule has 5 aromatic rings. The number of hydrogen-bond donors (Lipinski definition) is 1. The zero-order valence-corrected chi connectivity index (χ0v) is 18.3. The molecule has 1 amide bonds. The summed E-state index contributed by atoms with van der Waals surface area (Å²) in [5.74, 6) is -0.457. The summed E-state index contributed by atoms with van der Waals surface area (Å²) in [4.78, 5) is 26.9. The Kier molecular flexibility index (Phi) is 5.51. The highest BCUT2D eigenvalue weighted by atomic mass is 35.5. The highest BCUT2D eigenvalue weighted by Gasteiger charge is 2.25. The molecule has 160 valence electrons. The topological polar surface area (TPSA) is 51.1 Å². The number of halogens is 1. The van der Waals surface area contributed by atoms with Gasteiger partial charge in [0.05, 0.1) is 16.9 Å². The van der Waals surface area contributed by atoms with Crippen molar-refractivity contribution in [2.45, 2.75) is 0 Å². The second-order valence-electron chi connectivity index (χ2n) is 7.58. The Morgan fingerprint density at radius 1 is 0.697 bits per heavy atom. The van der Waals surface area contributed by atoms with Crippen molar-refractivity contribution in [1.82, 2.24) is 4.57 Å². The number of nitrogens with one attached hydrogen (secondary N) is 1. The lowest BCUT2D eigenvalue weighted by Gasteiger charge is -2.12. The maximum Gasteiger partial charge on any atom is 0.262 e. The maximum absolute atomic E-state index is 13.7. The Bertz CT molecular complexity index is 1460. The number of fused-ring (bicyclic) bond motifs is 1. The van der Waals surface area contributed by atoms with E-state index in [0.717, 1.165) is 5.56 Å². The summed E-state index contributed by atoms with van der Waals surface area (Å²) in [5, 5.41) is 4.26. The van der Waals surface area contributed by atoms with Crippen LogP contribution in [0.2, 0.25) is 5.02 Å². The molecular formula is C28H19ClN2O2. The number of carbonyl (C=O) groups is 2. The van der Waals surface area contributed by atoms with Gasteiger partial charge in [-0.1, -0.05) is 78.3 Å². The van der Waals surface area contributed by atoms with Crippen molar-refractivity contribution in [2.24, 2.45) is 0 Å². The van der Waals surface area contributed by atoms with Gasteiger partial charge in [-0.2, -0.15) is 0 Å². The number of benzene rings is 4. The van der Waals surface area contributed by atoms with E-state index in [4.69, 9.17) is 11.6 Å². The Balaban J connectivity index is 1.79. The van der Waals surface area contributed by atoms with E-state index in [1.807, 2.05) is 72.8 Å². The van der Waals surface area contributed by atoms with Crippen LogP contribution in [0.3, 0.4) is 0 Å². The van der Waals surface area contributed by atoms with Crippen molar-refractivity contribution < 1.29 is 9.59 Å². The number of hydrogen-bond acceptors (Lipinski definition) is 2. The fraction of sp³-hybridized carbons (Fsp3) is 0. The third-order valence-electron chi connectivity index (χ3n) is 5.47. The van der Waals surface area contributed by atoms with Crippen LogP contribution in [-0.4, -0.2) is 16.4 Å². The molecule has 5 heteroatoms. The standard InChI is InChI=1S/C28H19ClN2O2/c29-22-16-17-24-23(18-22)25(30-27(32)20-12-6-2-7-13-20)26(19-10-4-1-5-11-19)31(24)28(33)21-14-8-3-9-15-21/h1-18H,(H,30,32). The second-order valence-corrected chi connectivity index (χ2v) is 8.01. The molecule has 0 aliphatic carbocycles. The number of carbonyl (C=O) groups excluding carboxylic acids is 2. The number of aromatic nitrogens is 1. The Morgan fingerprint density at radius 3 is 1.91 bits per heavy atom. The van der Waals surface area contributed by atoms with Gasteiger partial charge in [-0.3, -0.25) is 14.2 Å². The van der Waals surface area contributed by atoms with Gasteiger partial charge in [0.1, 0.15) is 0 Å². The Labute approximate surface area is 196 Å². The molecule has 4 nitrogen and oxygen atoms in total. The van der Waals surface area contributed by atoms with Crippen molar-refractivity contribution in [1.29, 1.82) is 0 Å². The molecule has 1 N–H and O–H groups in total. The predicted octanol–water partition coefficient (Wildman–Crippen LogP) is 6.90. The molecule has 0 atom stereocenters. The molecule has 0 saturated carbocycles. The zero-order chi connectivity index (χ0) is 22.8. The number of anilines is 1. The van der Waals surface area contributed by atoms with Crippen LogP contribution >= 0.6 is 11.6 Å². The minimum Gasteiger partial charge on any atom is -0.320 e. The van der Waals surface area contributed by atoms with E-state index < -0.39 is 0 Å². The van der Waals surface area contributed by atoms with E-state index in [0.29, 0.717) is 38.4 Å². The SMILES string of the molecule is O=C(Nc1c(-c2ccccc2)n(C(=O)c2ccccc2)c2ccc(Cl)cc12)c1ccccc1. The van der Waals surface area contributed by atoms with Crippen LogP contribution in [0.5, 0.6) is 0 Å². The summed E-state index contributed by atoms with van der Waals surface area (Å²) in [7, 11) is 0. The lowest BCUT2D eigenvalue weighted by Crippen LogP contribution is -2.15. The number of nitrogens with zero attached hydrogens (tertiary/aromatic N) is 1. The normalized spacial score (nSPS) is 10.8. The summed E-state index contributed by atoms with van der Waals surface area (Å²) >= 11 is 6.34. The minimum absolute atomic E-state index is 0.193. The Morgan fingerprint density at radius 2 is 1.27 bits per heavy atom. The van der Waals surface area contributed by atoms with Crippen LogP contribution in [-0.2, 0) is 0 Å². The fourth-order valence-corrected chi connectivity index (χ4v) is 4.13. The largest absolute Gasteiger partial charge is 0.320 e. The molecule has 1 heterocycles. The van der Waals surface area contributed by atoms with Gasteiger partial charge in [-0.25, -0.2) is 0 Å². The average molecular weight is 451 g/mol. The first-order chi connectivity index (χ1) is 16.1. The molecule has 0 spiro atoms. The third-order valence-corrected chi connectivity index (χ3v) is 5.71. The van der Waals surface area contributed by atoms with Crippen molar-refractivity contribution in [2.75, 3.05) is 5.32 Å². The summed E-state index contributed by atoms with van der Waals surface area (Å²) in [6.45, 7) is 0. The smallest absolute Gasteiger partial charge is 0.262 e. The van der Waals surface area contributed by atoms with Gasteiger partial charge in [0.15, 0.2) is 0 Å². The monoisotopic (exact) mass is 450 g/mol. The van der Waals surface area contributed by atoms with Crippen molar-refractivity contribution in [3.8, 4) is 11.3 Å². The van der Waals surface area contributed by atoms with Gasteiger partial charge in [-0.05, 0) is 42.5 Å². The maximum atomic E-state index is 13.7. The molecule has 0 fully saturated rings. The van der Waals surface area contributed by atoms with E-state index in [9.17, 15) is 9.59 Å². The van der Waals surface area contributed by atoms with Gasteiger partial charge in [-0.15, -0.1) is 0 Å². The van der Waals surface area contributed by atoms with Crippen molar-refractivity contribution >= 4 is 40.0 Å². The lowest BCUT2D eigenvalue weighted by molar-refractivity contribution is 0.0965. The lowest BCUT2D eigenvalue weighted by atomic mass is 10.1. The van der Waals surface area contributed by atoms with Gasteiger partial charge in [0, 0.05) is 27.1 Å². The summed E-state index contributed by atoms with van der Waals surface area (Å²) < 4.78 is 1.65. The average Bonchev–Trinajstić information content (AvgIpc) is 3.18. The first-order valence-electron chi connectivity index (χ1n) is 10.5. The minimum atomic E-state index is -0.265. The molecule has 0 unspecified atom stereocenters. The molecule has 0 radical (unpaired) electrons. The first kappa shape index (κ1) is 20.7. The van der Waals surface area contributed by atoms with Crippen LogP contribution in [0, 0.1) is 0 Å². The summed E-state index contributed by atoms with van der Waals surface area (Å²) in [6.07, 6.45) is 0. The van der Waals surface area contributed by atoms with E-state index in [1.165, 1.54) is 0 Å². The van der Waals surface area contributed by atoms with Crippen LogP contribution in [0.25, 0.3) is 22.2 Å². The van der Waals surface area contributed by atoms with Gasteiger partial charge in [0.2, 0.25) is 0 Å². The van der Waals surface area contributed by atoms with Gasteiger partial charge < -0.3 is 5.32 Å². The van der Waals surface area contributed by atoms with Crippen LogP contribution in [0.4, 0.5) is 5.69 Å². The van der Waals surface area contributed by atoms with Crippen LogP contribution in [0.1, 0.15) is 20.7 Å². The highest BCUT2D eigenvalue weighted by molar-refractivity contribution is 6.32. The highest BCUT2D eigenvalue weighted by Crippen LogP contribution is 2.40. The van der Waals surface area contributed by atoms with Crippen LogP contribution in [0.15, 0.2) is 109 Å². The van der Waals surface area contributed by atoms with E-state index in [2.05, 4.69) is 5.32 Å². The van der Waals surface area contributed by atoms with E-state index in [-0.39, 0.29) is 11.8 Å². The summed E-state index contributed by atoms with van der Waals surface area (Å²) in [6, 6.07) is 33.0. The summed E-state index contributed by atoms with van der Waals surface area (Å²) in [5.41, 5.74) is 3.67. The molecule has 33 heavy (non-hydrogen) atoms. The fourth-order valence-electron chi connectivity index (χ4n) is 3.96. The quantitative estimate of drug-likeness (QED) is 0.323. The van der Waals surface area contributed by atoms with Gasteiger partial charge >= 0.3 is 0 Å². The predicted molar refractivity (Wildman–Crippen MR) is 133 cm³/mol. The number of amides is 1. The molecular weight excluding hydrogens is 432 g/mol. The second kappa shape index (κ2) is 8.77. The molecule has 0 bridgehead atoms. The molecule has 0 saturated heterocycles. The van der Waals surface area contributed by atoms with Gasteiger partial charge in [0.25, 0.3) is 11.8 Å². The zero-order valence-electron chi connectivity index (χ0n) is 17.5. The molecule has 0 aliphatic rings. The number of rotatable bonds is 4. The van der Waals surface area contributed by atoms with Crippen molar-refractivity contribution in [3.63, 3.8) is 0 Å². The van der Waals surface area contributed by atoms with Crippen LogP contribution < -0.4 is 5.32 Å². The van der Waals surface area contributed by atoms with E-state index >= 15 is 0 Å².